The van der Waals surface area contributed by atoms with E-state index in [9.17, 15) is 9.00 Å². The monoisotopic (exact) mass is 401 g/mol. The first kappa shape index (κ1) is 19.4. The fourth-order valence-electron chi connectivity index (χ4n) is 2.56. The van der Waals surface area contributed by atoms with E-state index < -0.39 is 15.8 Å². The first-order chi connectivity index (χ1) is 13.4. The van der Waals surface area contributed by atoms with Crippen LogP contribution in [0.5, 0.6) is 11.6 Å². The third-order valence-electron chi connectivity index (χ3n) is 3.87. The molecule has 3 rings (SSSR count). The molecule has 146 valence electrons. The van der Waals surface area contributed by atoms with Crippen molar-refractivity contribution in [3.63, 3.8) is 0 Å². The average molecular weight is 401 g/mol. The number of amides is 1. The molecule has 1 unspecified atom stereocenters. The summed E-state index contributed by atoms with van der Waals surface area (Å²) in [5.74, 6) is -0.255. The minimum atomic E-state index is -3.64. The molecule has 2 heterocycles. The minimum Gasteiger partial charge on any atom is -0.495 e. The SMILES string of the molecule is COc1ccccc1S(=N)(=O)NC(=O)c1ccc(Cn2cccn2)c(OC)n1. The molecular weight excluding hydrogens is 382 g/mol. The minimum absolute atomic E-state index is 0.0176. The standard InChI is InChI=1S/C18H19N5O4S/c1-26-15-6-3-4-7-16(15)28(19,25)22-17(24)14-9-8-13(18(21-14)27-2)12-23-11-5-10-20-23/h3-11H,12H2,1-2H3,(H2,19,22,24,25). The quantitative estimate of drug-likeness (QED) is 0.626. The Morgan fingerprint density at radius 2 is 1.96 bits per heavy atom. The van der Waals surface area contributed by atoms with E-state index >= 15 is 0 Å². The summed E-state index contributed by atoms with van der Waals surface area (Å²) in [6.45, 7) is 0.418. The van der Waals surface area contributed by atoms with Crippen molar-refractivity contribution in [2.24, 2.45) is 0 Å². The molecule has 0 fully saturated rings. The van der Waals surface area contributed by atoms with Gasteiger partial charge in [0.25, 0.3) is 5.91 Å². The number of ether oxygens (including phenoxy) is 2. The van der Waals surface area contributed by atoms with Crippen molar-refractivity contribution >= 4 is 15.8 Å². The molecule has 10 heteroatoms. The highest BCUT2D eigenvalue weighted by Crippen LogP contribution is 2.23. The van der Waals surface area contributed by atoms with E-state index in [1.54, 1.807) is 47.4 Å². The zero-order valence-corrected chi connectivity index (χ0v) is 16.1. The van der Waals surface area contributed by atoms with Gasteiger partial charge < -0.3 is 9.47 Å². The first-order valence-corrected chi connectivity index (χ1v) is 9.75. The Bertz CT molecular complexity index is 1080. The van der Waals surface area contributed by atoms with Gasteiger partial charge in [-0.05, 0) is 30.3 Å². The maximum Gasteiger partial charge on any atom is 0.282 e. The van der Waals surface area contributed by atoms with Crippen molar-refractivity contribution in [2.75, 3.05) is 14.2 Å². The molecule has 2 aromatic heterocycles. The summed E-state index contributed by atoms with van der Waals surface area (Å²) in [5.41, 5.74) is 0.704. The molecule has 0 saturated heterocycles. The molecule has 28 heavy (non-hydrogen) atoms. The van der Waals surface area contributed by atoms with Gasteiger partial charge in [-0.2, -0.15) is 5.10 Å². The van der Waals surface area contributed by atoms with Crippen LogP contribution in [0.2, 0.25) is 0 Å². The highest BCUT2D eigenvalue weighted by atomic mass is 32.2. The second kappa shape index (κ2) is 8.09. The molecular formula is C18H19N5O4S. The van der Waals surface area contributed by atoms with Crippen LogP contribution in [0.3, 0.4) is 0 Å². The normalized spacial score (nSPS) is 12.8. The zero-order chi connectivity index (χ0) is 20.1. The first-order valence-electron chi connectivity index (χ1n) is 8.20. The van der Waals surface area contributed by atoms with E-state index in [2.05, 4.69) is 14.8 Å². The predicted octanol–water partition coefficient (Wildman–Crippen LogP) is 2.09. The van der Waals surface area contributed by atoms with Crippen LogP contribution in [-0.4, -0.2) is 39.1 Å². The number of nitrogens with one attached hydrogen (secondary N) is 2. The summed E-state index contributed by atoms with van der Waals surface area (Å²) in [6.07, 6.45) is 3.45. The largest absolute Gasteiger partial charge is 0.495 e. The van der Waals surface area contributed by atoms with Gasteiger partial charge in [-0.3, -0.25) is 14.2 Å². The maximum atomic E-state index is 12.8. The Kier molecular flexibility index (Phi) is 5.59. The van der Waals surface area contributed by atoms with Gasteiger partial charge in [-0.25, -0.2) is 14.0 Å². The highest BCUT2D eigenvalue weighted by Gasteiger charge is 2.21. The molecule has 1 aromatic carbocycles. The van der Waals surface area contributed by atoms with Crippen LogP contribution in [0.4, 0.5) is 0 Å². The van der Waals surface area contributed by atoms with E-state index in [1.807, 2.05) is 0 Å². The van der Waals surface area contributed by atoms with Crippen LogP contribution in [0, 0.1) is 4.78 Å². The molecule has 3 aromatic rings. The summed E-state index contributed by atoms with van der Waals surface area (Å²) in [4.78, 5) is 16.8. The fourth-order valence-corrected chi connectivity index (χ4v) is 3.74. The van der Waals surface area contributed by atoms with Crippen molar-refractivity contribution in [3.8, 4) is 11.6 Å². The average Bonchev–Trinajstić information content (AvgIpc) is 3.21. The topological polar surface area (TPSA) is 119 Å². The Morgan fingerprint density at radius 3 is 2.64 bits per heavy atom. The third-order valence-corrected chi connectivity index (χ3v) is 5.30. The molecule has 2 N–H and O–H groups in total. The van der Waals surface area contributed by atoms with E-state index in [0.717, 1.165) is 5.56 Å². The molecule has 0 aliphatic rings. The summed E-state index contributed by atoms with van der Waals surface area (Å²) in [7, 11) is -0.793. The second-order valence-electron chi connectivity index (χ2n) is 5.71. The molecule has 1 atom stereocenters. The van der Waals surface area contributed by atoms with Crippen molar-refractivity contribution in [2.45, 2.75) is 11.4 Å². The number of rotatable bonds is 7. The van der Waals surface area contributed by atoms with Crippen LogP contribution >= 0.6 is 0 Å². The number of methoxy groups -OCH3 is 2. The third kappa shape index (κ3) is 4.12. The fraction of sp³-hybridized carbons (Fsp3) is 0.167. The van der Waals surface area contributed by atoms with Crippen molar-refractivity contribution in [1.82, 2.24) is 19.5 Å². The van der Waals surface area contributed by atoms with Gasteiger partial charge in [0, 0.05) is 18.0 Å². The molecule has 1 amide bonds. The lowest BCUT2D eigenvalue weighted by Gasteiger charge is -2.14. The number of hydrogen-bond donors (Lipinski definition) is 2. The van der Waals surface area contributed by atoms with Crippen molar-refractivity contribution in [1.29, 1.82) is 4.78 Å². The van der Waals surface area contributed by atoms with Crippen LogP contribution in [0.1, 0.15) is 16.1 Å². The Hall–Kier alpha value is -3.40. The number of pyridine rings is 1. The molecule has 0 bridgehead atoms. The lowest BCUT2D eigenvalue weighted by molar-refractivity contribution is 0.0976. The molecule has 0 spiro atoms. The summed E-state index contributed by atoms with van der Waals surface area (Å²) in [6, 6.07) is 11.3. The number of carbonyl (C=O) groups excluding carboxylic acids is 1. The van der Waals surface area contributed by atoms with Crippen LogP contribution < -0.4 is 14.2 Å². The van der Waals surface area contributed by atoms with Crippen LogP contribution in [0.25, 0.3) is 0 Å². The van der Waals surface area contributed by atoms with Crippen molar-refractivity contribution in [3.05, 3.63) is 66.1 Å². The van der Waals surface area contributed by atoms with Crippen LogP contribution in [0.15, 0.2) is 59.8 Å². The number of benzene rings is 1. The van der Waals surface area contributed by atoms with E-state index in [1.165, 1.54) is 26.4 Å². The number of carbonyl (C=O) groups is 1. The number of hydrogen-bond acceptors (Lipinski definition) is 7. The highest BCUT2D eigenvalue weighted by molar-refractivity contribution is 7.91. The molecule has 0 saturated carbocycles. The van der Waals surface area contributed by atoms with E-state index in [0.29, 0.717) is 6.54 Å². The van der Waals surface area contributed by atoms with Gasteiger partial charge in [-0.15, -0.1) is 0 Å². The van der Waals surface area contributed by atoms with Gasteiger partial charge >= 0.3 is 0 Å². The van der Waals surface area contributed by atoms with Gasteiger partial charge in [0.15, 0.2) is 9.92 Å². The van der Waals surface area contributed by atoms with Gasteiger partial charge in [0.2, 0.25) is 5.88 Å². The Labute approximate surface area is 162 Å². The maximum absolute atomic E-state index is 12.8. The Morgan fingerprint density at radius 1 is 1.18 bits per heavy atom. The van der Waals surface area contributed by atoms with E-state index in [4.69, 9.17) is 14.3 Å². The molecule has 9 nitrogen and oxygen atoms in total. The lowest BCUT2D eigenvalue weighted by atomic mass is 10.2. The van der Waals surface area contributed by atoms with Gasteiger partial charge in [0.1, 0.15) is 16.3 Å². The molecule has 0 aliphatic carbocycles. The molecule has 0 aliphatic heterocycles. The van der Waals surface area contributed by atoms with Crippen LogP contribution in [-0.2, 0) is 16.5 Å². The Balaban J connectivity index is 1.84. The summed E-state index contributed by atoms with van der Waals surface area (Å²) >= 11 is 0. The van der Waals surface area contributed by atoms with E-state index in [-0.39, 0.29) is 22.2 Å². The predicted molar refractivity (Wildman–Crippen MR) is 102 cm³/mol. The number of aromatic nitrogens is 3. The van der Waals surface area contributed by atoms with Gasteiger partial charge in [-0.1, -0.05) is 12.1 Å². The number of nitrogens with zero attached hydrogens (tertiary/aromatic N) is 3. The summed E-state index contributed by atoms with van der Waals surface area (Å²) < 4.78 is 35.2. The van der Waals surface area contributed by atoms with Crippen molar-refractivity contribution < 1.29 is 18.5 Å². The lowest BCUT2D eigenvalue weighted by Crippen LogP contribution is -2.30. The zero-order valence-electron chi connectivity index (χ0n) is 15.3. The summed E-state index contributed by atoms with van der Waals surface area (Å²) in [5, 5.41) is 4.12. The second-order valence-corrected chi connectivity index (χ2v) is 7.46. The molecule has 0 radical (unpaired) electrons. The number of para-hydroxylation sites is 1. The van der Waals surface area contributed by atoms with Gasteiger partial charge in [0.05, 0.1) is 20.8 Å². The smallest absolute Gasteiger partial charge is 0.282 e.